The standard InChI is InChI=1S/C20H20N6O2S/c1-25-11-12-9-15(16(28-2)10-14(12)24-25)21-18(27)20-22-13-5-6-17(23-19(13)29-20)26-7-3-4-8-26/h5-6,9-11H,3-4,7-8H2,1-2H3,(H,21,27). The van der Waals surface area contributed by atoms with Crippen molar-refractivity contribution >= 4 is 50.0 Å². The highest BCUT2D eigenvalue weighted by Gasteiger charge is 2.19. The number of thiazole rings is 1. The lowest BCUT2D eigenvalue weighted by molar-refractivity contribution is 0.102. The number of aryl methyl sites for hydroxylation is 1. The van der Waals surface area contributed by atoms with Gasteiger partial charge in [0, 0.05) is 37.8 Å². The Bertz CT molecular complexity index is 1220. The van der Waals surface area contributed by atoms with Crippen LogP contribution < -0.4 is 15.0 Å². The van der Waals surface area contributed by atoms with Crippen molar-refractivity contribution in [1.82, 2.24) is 19.7 Å². The quantitative estimate of drug-likeness (QED) is 0.557. The number of benzene rings is 1. The fraction of sp³-hybridized carbons (Fsp3) is 0.300. The molecule has 1 aliphatic rings. The average molecular weight is 408 g/mol. The highest BCUT2D eigenvalue weighted by Crippen LogP contribution is 2.31. The van der Waals surface area contributed by atoms with E-state index in [1.807, 2.05) is 37.5 Å². The van der Waals surface area contributed by atoms with Gasteiger partial charge in [0.15, 0.2) is 5.01 Å². The van der Waals surface area contributed by atoms with Crippen LogP contribution in [0, 0.1) is 0 Å². The van der Waals surface area contributed by atoms with Crippen molar-refractivity contribution in [2.45, 2.75) is 12.8 Å². The highest BCUT2D eigenvalue weighted by molar-refractivity contribution is 7.20. The van der Waals surface area contributed by atoms with Gasteiger partial charge in [-0.1, -0.05) is 11.3 Å². The molecular formula is C20H20N6O2S. The lowest BCUT2D eigenvalue weighted by Gasteiger charge is -2.15. The van der Waals surface area contributed by atoms with E-state index in [0.717, 1.165) is 40.2 Å². The zero-order chi connectivity index (χ0) is 20.0. The molecule has 3 aromatic heterocycles. The maximum atomic E-state index is 12.9. The number of hydrogen-bond acceptors (Lipinski definition) is 7. The Kier molecular flexibility index (Phi) is 4.31. The summed E-state index contributed by atoms with van der Waals surface area (Å²) in [6.45, 7) is 2.06. The van der Waals surface area contributed by atoms with Gasteiger partial charge in [0.1, 0.15) is 21.9 Å². The Balaban J connectivity index is 1.44. The summed E-state index contributed by atoms with van der Waals surface area (Å²) in [5.74, 6) is 1.23. The number of carbonyl (C=O) groups excluding carboxylic acids is 1. The van der Waals surface area contributed by atoms with E-state index >= 15 is 0 Å². The minimum absolute atomic E-state index is 0.280. The summed E-state index contributed by atoms with van der Waals surface area (Å²) in [5, 5.41) is 8.59. The summed E-state index contributed by atoms with van der Waals surface area (Å²) >= 11 is 1.30. The van der Waals surface area contributed by atoms with Crippen LogP contribution in [0.25, 0.3) is 21.3 Å². The van der Waals surface area contributed by atoms with Crippen molar-refractivity contribution in [3.8, 4) is 5.75 Å². The molecule has 0 saturated carbocycles. The molecule has 0 aliphatic carbocycles. The molecule has 1 aliphatic heterocycles. The Morgan fingerprint density at radius 1 is 1.17 bits per heavy atom. The van der Waals surface area contributed by atoms with Crippen LogP contribution in [0.15, 0.2) is 30.5 Å². The van der Waals surface area contributed by atoms with Crippen LogP contribution in [0.1, 0.15) is 22.6 Å². The van der Waals surface area contributed by atoms with E-state index < -0.39 is 0 Å². The lowest BCUT2D eigenvalue weighted by atomic mass is 10.2. The van der Waals surface area contributed by atoms with Crippen molar-refractivity contribution in [3.05, 3.63) is 35.5 Å². The molecule has 0 atom stereocenters. The van der Waals surface area contributed by atoms with E-state index in [-0.39, 0.29) is 5.91 Å². The van der Waals surface area contributed by atoms with Crippen LogP contribution in [0.3, 0.4) is 0 Å². The van der Waals surface area contributed by atoms with Gasteiger partial charge in [0.2, 0.25) is 0 Å². The molecule has 4 aromatic rings. The monoisotopic (exact) mass is 408 g/mol. The van der Waals surface area contributed by atoms with Crippen LogP contribution in [-0.4, -0.2) is 45.9 Å². The number of nitrogens with one attached hydrogen (secondary N) is 1. The van der Waals surface area contributed by atoms with E-state index in [1.54, 1.807) is 11.8 Å². The second kappa shape index (κ2) is 7.00. The minimum atomic E-state index is -0.280. The molecule has 0 bridgehead atoms. The summed E-state index contributed by atoms with van der Waals surface area (Å²) < 4.78 is 7.16. The van der Waals surface area contributed by atoms with Gasteiger partial charge in [-0.3, -0.25) is 9.48 Å². The van der Waals surface area contributed by atoms with E-state index in [9.17, 15) is 4.79 Å². The fourth-order valence-corrected chi connectivity index (χ4v) is 4.47. The number of hydrogen-bond donors (Lipinski definition) is 1. The third-order valence-electron chi connectivity index (χ3n) is 5.05. The first-order valence-corrected chi connectivity index (χ1v) is 10.3. The molecule has 9 heteroatoms. The van der Waals surface area contributed by atoms with E-state index in [1.165, 1.54) is 24.2 Å². The first-order chi connectivity index (χ1) is 14.1. The van der Waals surface area contributed by atoms with E-state index in [2.05, 4.69) is 20.3 Å². The first-order valence-electron chi connectivity index (χ1n) is 9.46. The molecule has 1 fully saturated rings. The number of anilines is 2. The van der Waals surface area contributed by atoms with Gasteiger partial charge in [-0.2, -0.15) is 5.10 Å². The summed E-state index contributed by atoms with van der Waals surface area (Å²) in [6, 6.07) is 7.59. The van der Waals surface area contributed by atoms with Gasteiger partial charge in [0.05, 0.1) is 18.3 Å². The number of pyridine rings is 1. The van der Waals surface area contributed by atoms with Gasteiger partial charge in [-0.25, -0.2) is 9.97 Å². The summed E-state index contributed by atoms with van der Waals surface area (Å²) in [5.41, 5.74) is 2.13. The normalized spacial score (nSPS) is 14.1. The number of carbonyl (C=O) groups is 1. The molecule has 1 aromatic carbocycles. The molecule has 1 N–H and O–H groups in total. The molecule has 148 valence electrons. The van der Waals surface area contributed by atoms with Crippen LogP contribution in [0.2, 0.25) is 0 Å². The maximum Gasteiger partial charge on any atom is 0.284 e. The Labute approximate surface area is 171 Å². The molecule has 0 unspecified atom stereocenters. The predicted octanol–water partition coefficient (Wildman–Crippen LogP) is 3.44. The van der Waals surface area contributed by atoms with Gasteiger partial charge in [-0.15, -0.1) is 0 Å². The molecule has 5 rings (SSSR count). The number of rotatable bonds is 4. The third-order valence-corrected chi connectivity index (χ3v) is 6.02. The minimum Gasteiger partial charge on any atom is -0.494 e. The van der Waals surface area contributed by atoms with Gasteiger partial charge in [-0.05, 0) is 31.0 Å². The Morgan fingerprint density at radius 2 is 2.00 bits per heavy atom. The molecule has 0 spiro atoms. The number of methoxy groups -OCH3 is 1. The Hall–Kier alpha value is -3.20. The van der Waals surface area contributed by atoms with Crippen molar-refractivity contribution < 1.29 is 9.53 Å². The number of amides is 1. The van der Waals surface area contributed by atoms with E-state index in [4.69, 9.17) is 9.72 Å². The second-order valence-corrected chi connectivity index (χ2v) is 8.05. The van der Waals surface area contributed by atoms with Gasteiger partial charge in [0.25, 0.3) is 5.91 Å². The molecule has 1 amide bonds. The number of nitrogens with zero attached hydrogens (tertiary/aromatic N) is 5. The van der Waals surface area contributed by atoms with Gasteiger partial charge >= 0.3 is 0 Å². The van der Waals surface area contributed by atoms with Crippen LogP contribution in [0.5, 0.6) is 5.75 Å². The fourth-order valence-electron chi connectivity index (χ4n) is 3.65. The van der Waals surface area contributed by atoms with E-state index in [0.29, 0.717) is 16.4 Å². The lowest BCUT2D eigenvalue weighted by Crippen LogP contribution is -2.18. The van der Waals surface area contributed by atoms with Crippen molar-refractivity contribution in [2.75, 3.05) is 30.4 Å². The summed E-state index contributed by atoms with van der Waals surface area (Å²) in [7, 11) is 3.43. The van der Waals surface area contributed by atoms with Crippen molar-refractivity contribution in [2.24, 2.45) is 7.05 Å². The zero-order valence-corrected chi connectivity index (χ0v) is 17.0. The smallest absolute Gasteiger partial charge is 0.284 e. The second-order valence-electron chi connectivity index (χ2n) is 7.08. The largest absolute Gasteiger partial charge is 0.494 e. The Morgan fingerprint density at radius 3 is 2.79 bits per heavy atom. The maximum absolute atomic E-state index is 12.9. The summed E-state index contributed by atoms with van der Waals surface area (Å²) in [4.78, 5) is 25.1. The van der Waals surface area contributed by atoms with Crippen LogP contribution in [-0.2, 0) is 7.05 Å². The van der Waals surface area contributed by atoms with Crippen LogP contribution >= 0.6 is 11.3 Å². The third kappa shape index (κ3) is 3.27. The average Bonchev–Trinajstić information content (AvgIpc) is 3.45. The SMILES string of the molecule is COc1cc2nn(C)cc2cc1NC(=O)c1nc2ccc(N3CCCC3)nc2s1. The topological polar surface area (TPSA) is 85.2 Å². The summed E-state index contributed by atoms with van der Waals surface area (Å²) in [6.07, 6.45) is 4.28. The molecule has 1 saturated heterocycles. The molecule has 29 heavy (non-hydrogen) atoms. The first kappa shape index (κ1) is 17.9. The molecule has 4 heterocycles. The predicted molar refractivity (Wildman–Crippen MR) is 114 cm³/mol. The molecular weight excluding hydrogens is 388 g/mol. The van der Waals surface area contributed by atoms with Crippen molar-refractivity contribution in [3.63, 3.8) is 0 Å². The number of aromatic nitrogens is 4. The highest BCUT2D eigenvalue weighted by atomic mass is 32.1. The number of ether oxygens (including phenoxy) is 1. The van der Waals surface area contributed by atoms with Crippen LogP contribution in [0.4, 0.5) is 11.5 Å². The van der Waals surface area contributed by atoms with Crippen molar-refractivity contribution in [1.29, 1.82) is 0 Å². The number of fused-ring (bicyclic) bond motifs is 2. The molecule has 0 radical (unpaired) electrons. The van der Waals surface area contributed by atoms with Gasteiger partial charge < -0.3 is 15.0 Å². The zero-order valence-electron chi connectivity index (χ0n) is 16.2. The molecule has 8 nitrogen and oxygen atoms in total.